The number of nitrogens with zero attached hydrogens (tertiary/aromatic N) is 3. The second kappa shape index (κ2) is 5.22. The van der Waals surface area contributed by atoms with Crippen LogP contribution in [-0.4, -0.2) is 26.9 Å². The number of rotatable bonds is 3. The van der Waals surface area contributed by atoms with Crippen LogP contribution in [-0.2, 0) is 0 Å². The van der Waals surface area contributed by atoms with E-state index in [1.807, 2.05) is 24.3 Å². The Bertz CT molecular complexity index is 559. The van der Waals surface area contributed by atoms with E-state index in [2.05, 4.69) is 15.5 Å². The van der Waals surface area contributed by atoms with E-state index in [4.69, 9.17) is 0 Å². The molecule has 0 spiro atoms. The summed E-state index contributed by atoms with van der Waals surface area (Å²) in [7, 11) is 0. The van der Waals surface area contributed by atoms with Crippen LogP contribution in [0, 0.1) is 0 Å². The molecule has 3 rings (SSSR count). The molecule has 0 unspecified atom stereocenters. The van der Waals surface area contributed by atoms with Gasteiger partial charge in [0.05, 0.1) is 23.6 Å². The first-order valence-corrected chi connectivity index (χ1v) is 6.61. The largest absolute Gasteiger partial charge is 0.349 e. The van der Waals surface area contributed by atoms with Crippen LogP contribution in [0.5, 0.6) is 0 Å². The monoisotopic (exact) mass is 256 g/mol. The van der Waals surface area contributed by atoms with Crippen LogP contribution >= 0.6 is 0 Å². The molecule has 1 aliphatic carbocycles. The van der Waals surface area contributed by atoms with Gasteiger partial charge in [-0.2, -0.15) is 15.0 Å². The third-order valence-electron chi connectivity index (χ3n) is 3.47. The van der Waals surface area contributed by atoms with E-state index in [9.17, 15) is 4.79 Å². The molecular weight excluding hydrogens is 240 g/mol. The minimum absolute atomic E-state index is 0.0419. The normalized spacial score (nSPS) is 15.6. The highest BCUT2D eigenvalue weighted by Crippen LogP contribution is 2.19. The summed E-state index contributed by atoms with van der Waals surface area (Å²) in [6.45, 7) is 0. The summed E-state index contributed by atoms with van der Waals surface area (Å²) in [5, 5.41) is 11.3. The molecular formula is C14H16N4O. The smallest absolute Gasteiger partial charge is 0.253 e. The average molecular weight is 256 g/mol. The summed E-state index contributed by atoms with van der Waals surface area (Å²) in [6, 6.07) is 7.71. The van der Waals surface area contributed by atoms with Crippen LogP contribution in [0.1, 0.15) is 36.0 Å². The van der Waals surface area contributed by atoms with E-state index in [1.54, 1.807) is 12.4 Å². The van der Waals surface area contributed by atoms with E-state index >= 15 is 0 Å². The molecule has 2 aromatic rings. The molecule has 0 radical (unpaired) electrons. The van der Waals surface area contributed by atoms with E-state index in [0.29, 0.717) is 17.3 Å². The van der Waals surface area contributed by atoms with Crippen LogP contribution < -0.4 is 5.32 Å². The van der Waals surface area contributed by atoms with Gasteiger partial charge < -0.3 is 5.32 Å². The van der Waals surface area contributed by atoms with Gasteiger partial charge in [-0.05, 0) is 25.0 Å². The van der Waals surface area contributed by atoms with Crippen LogP contribution in [0.4, 0.5) is 0 Å². The first kappa shape index (κ1) is 11.9. The number of nitrogens with one attached hydrogen (secondary N) is 1. The van der Waals surface area contributed by atoms with Crippen LogP contribution in [0.2, 0.25) is 0 Å². The van der Waals surface area contributed by atoms with Crippen molar-refractivity contribution >= 4 is 5.91 Å². The fourth-order valence-electron chi connectivity index (χ4n) is 2.51. The molecule has 1 aromatic carbocycles. The molecule has 0 atom stereocenters. The quantitative estimate of drug-likeness (QED) is 0.913. The van der Waals surface area contributed by atoms with Gasteiger partial charge in [0.25, 0.3) is 5.91 Å². The van der Waals surface area contributed by atoms with Crippen LogP contribution in [0.25, 0.3) is 5.69 Å². The lowest BCUT2D eigenvalue weighted by Gasteiger charge is -2.13. The molecule has 0 bridgehead atoms. The highest BCUT2D eigenvalue weighted by molar-refractivity contribution is 5.97. The van der Waals surface area contributed by atoms with Crippen molar-refractivity contribution in [3.8, 4) is 5.69 Å². The molecule has 1 heterocycles. The fourth-order valence-corrected chi connectivity index (χ4v) is 2.51. The van der Waals surface area contributed by atoms with Gasteiger partial charge in [0.1, 0.15) is 0 Å². The van der Waals surface area contributed by atoms with E-state index in [-0.39, 0.29) is 5.91 Å². The topological polar surface area (TPSA) is 59.8 Å². The van der Waals surface area contributed by atoms with Crippen molar-refractivity contribution in [1.82, 2.24) is 20.3 Å². The molecule has 5 nitrogen and oxygen atoms in total. The lowest BCUT2D eigenvalue weighted by molar-refractivity contribution is 0.0937. The summed E-state index contributed by atoms with van der Waals surface area (Å²) < 4.78 is 0. The molecule has 1 aliphatic rings. The zero-order valence-corrected chi connectivity index (χ0v) is 10.6. The maximum atomic E-state index is 12.3. The molecule has 1 aromatic heterocycles. The van der Waals surface area contributed by atoms with Crippen LogP contribution in [0.15, 0.2) is 36.7 Å². The number of carbonyl (C=O) groups excluding carboxylic acids is 1. The van der Waals surface area contributed by atoms with Gasteiger partial charge in [0.2, 0.25) is 0 Å². The Morgan fingerprint density at radius 2 is 1.84 bits per heavy atom. The molecule has 5 heteroatoms. The molecule has 1 N–H and O–H groups in total. The van der Waals surface area contributed by atoms with E-state index < -0.39 is 0 Å². The second-order valence-electron chi connectivity index (χ2n) is 4.79. The molecule has 19 heavy (non-hydrogen) atoms. The minimum Gasteiger partial charge on any atom is -0.349 e. The number of hydrogen-bond donors (Lipinski definition) is 1. The lowest BCUT2D eigenvalue weighted by Crippen LogP contribution is -2.33. The number of amides is 1. The van der Waals surface area contributed by atoms with Crippen molar-refractivity contribution in [2.75, 3.05) is 0 Å². The molecule has 1 amide bonds. The van der Waals surface area contributed by atoms with Crippen molar-refractivity contribution < 1.29 is 4.79 Å². The Labute approximate surface area is 111 Å². The van der Waals surface area contributed by atoms with Gasteiger partial charge in [-0.25, -0.2) is 0 Å². The number of para-hydroxylation sites is 1. The van der Waals surface area contributed by atoms with Crippen molar-refractivity contribution in [3.63, 3.8) is 0 Å². The predicted octanol–water partition coefficient (Wildman–Crippen LogP) is 1.94. The number of carbonyl (C=O) groups is 1. The van der Waals surface area contributed by atoms with Gasteiger partial charge in [-0.1, -0.05) is 25.0 Å². The Kier molecular flexibility index (Phi) is 3.27. The first-order chi connectivity index (χ1) is 9.34. The number of hydrogen-bond acceptors (Lipinski definition) is 3. The maximum Gasteiger partial charge on any atom is 0.253 e. The Hall–Kier alpha value is -2.17. The van der Waals surface area contributed by atoms with Crippen molar-refractivity contribution in [3.05, 3.63) is 42.2 Å². The fraction of sp³-hybridized carbons (Fsp3) is 0.357. The SMILES string of the molecule is O=C(NC1CCCC1)c1ccccc1-n1nccn1. The average Bonchev–Trinajstić information content (AvgIpc) is 3.11. The Balaban J connectivity index is 1.85. The van der Waals surface area contributed by atoms with Crippen molar-refractivity contribution in [2.24, 2.45) is 0 Å². The minimum atomic E-state index is -0.0419. The molecule has 1 saturated carbocycles. The summed E-state index contributed by atoms with van der Waals surface area (Å²) in [6.07, 6.45) is 7.76. The second-order valence-corrected chi connectivity index (χ2v) is 4.79. The first-order valence-electron chi connectivity index (χ1n) is 6.61. The Morgan fingerprint density at radius 1 is 1.16 bits per heavy atom. The molecule has 0 aliphatic heterocycles. The Morgan fingerprint density at radius 3 is 2.58 bits per heavy atom. The van der Waals surface area contributed by atoms with E-state index in [0.717, 1.165) is 12.8 Å². The third kappa shape index (κ3) is 2.50. The summed E-state index contributed by atoms with van der Waals surface area (Å²) in [4.78, 5) is 13.8. The van der Waals surface area contributed by atoms with Gasteiger partial charge in [-0.3, -0.25) is 4.79 Å². The third-order valence-corrected chi connectivity index (χ3v) is 3.47. The molecule has 98 valence electrons. The summed E-state index contributed by atoms with van der Waals surface area (Å²) >= 11 is 0. The lowest BCUT2D eigenvalue weighted by atomic mass is 10.1. The van der Waals surface area contributed by atoms with Crippen molar-refractivity contribution in [1.29, 1.82) is 0 Å². The van der Waals surface area contributed by atoms with Crippen LogP contribution in [0.3, 0.4) is 0 Å². The van der Waals surface area contributed by atoms with Gasteiger partial charge >= 0.3 is 0 Å². The van der Waals surface area contributed by atoms with Gasteiger partial charge in [0, 0.05) is 6.04 Å². The summed E-state index contributed by atoms with van der Waals surface area (Å²) in [5.74, 6) is -0.0419. The molecule has 0 saturated heterocycles. The van der Waals surface area contributed by atoms with E-state index in [1.165, 1.54) is 17.6 Å². The zero-order valence-electron chi connectivity index (χ0n) is 10.6. The highest BCUT2D eigenvalue weighted by atomic mass is 16.1. The number of aromatic nitrogens is 3. The predicted molar refractivity (Wildman–Crippen MR) is 71.1 cm³/mol. The maximum absolute atomic E-state index is 12.3. The van der Waals surface area contributed by atoms with Gasteiger partial charge in [-0.15, -0.1) is 0 Å². The van der Waals surface area contributed by atoms with Gasteiger partial charge in [0.15, 0.2) is 0 Å². The molecule has 1 fully saturated rings. The number of benzene rings is 1. The summed E-state index contributed by atoms with van der Waals surface area (Å²) in [5.41, 5.74) is 1.33. The van der Waals surface area contributed by atoms with Crippen molar-refractivity contribution in [2.45, 2.75) is 31.7 Å². The standard InChI is InChI=1S/C14H16N4O/c19-14(17-11-5-1-2-6-11)12-7-3-4-8-13(12)18-15-9-10-16-18/h3-4,7-11H,1-2,5-6H2,(H,17,19). The zero-order chi connectivity index (χ0) is 13.1. The highest BCUT2D eigenvalue weighted by Gasteiger charge is 2.20.